The number of anilines is 1. The summed E-state index contributed by atoms with van der Waals surface area (Å²) in [6.07, 6.45) is 0. The number of hydrogen-bond acceptors (Lipinski definition) is 5. The van der Waals surface area contributed by atoms with Crippen molar-refractivity contribution >= 4 is 27.6 Å². The van der Waals surface area contributed by atoms with Crippen molar-refractivity contribution in [3.63, 3.8) is 0 Å². The van der Waals surface area contributed by atoms with Gasteiger partial charge in [0, 0.05) is 11.7 Å². The van der Waals surface area contributed by atoms with Crippen LogP contribution in [0, 0.1) is 0 Å². The largest absolute Gasteiger partial charge is 0.452 e. The molecule has 0 aliphatic carbocycles. The summed E-state index contributed by atoms with van der Waals surface area (Å²) in [6.45, 7) is 2.98. The Kier molecular flexibility index (Phi) is 6.48. The van der Waals surface area contributed by atoms with Gasteiger partial charge in [0.15, 0.2) is 6.61 Å². The lowest BCUT2D eigenvalue weighted by molar-refractivity contribution is -0.119. The Labute approximate surface area is 152 Å². The minimum Gasteiger partial charge on any atom is -0.452 e. The van der Waals surface area contributed by atoms with Gasteiger partial charge in [-0.15, -0.1) is 0 Å². The maximum Gasteiger partial charge on any atom is 0.338 e. The van der Waals surface area contributed by atoms with Crippen LogP contribution in [-0.4, -0.2) is 32.9 Å². The topological polar surface area (TPSA) is 102 Å². The lowest BCUT2D eigenvalue weighted by Crippen LogP contribution is -2.30. The van der Waals surface area contributed by atoms with E-state index in [4.69, 9.17) is 4.74 Å². The number of rotatable bonds is 7. The van der Waals surface area contributed by atoms with Gasteiger partial charge in [0.25, 0.3) is 5.91 Å². The average Bonchev–Trinajstić information content (AvgIpc) is 2.59. The molecule has 0 aliphatic rings. The fourth-order valence-corrected chi connectivity index (χ4v) is 3.33. The summed E-state index contributed by atoms with van der Waals surface area (Å²) in [7, 11) is -3.63. The summed E-state index contributed by atoms with van der Waals surface area (Å²) in [5.41, 5.74) is 0.752. The first-order valence-electron chi connectivity index (χ1n) is 7.92. The van der Waals surface area contributed by atoms with Crippen LogP contribution in [0.3, 0.4) is 0 Å². The molecule has 0 fully saturated rings. The molecule has 0 saturated heterocycles. The number of benzene rings is 2. The highest BCUT2D eigenvalue weighted by Crippen LogP contribution is 2.12. The first kappa shape index (κ1) is 19.6. The molecule has 0 heterocycles. The Hall–Kier alpha value is -2.71. The molecular formula is C18H20N2O5S. The third-order valence-corrected chi connectivity index (χ3v) is 4.86. The fraction of sp³-hybridized carbons (Fsp3) is 0.222. The summed E-state index contributed by atoms with van der Waals surface area (Å²) in [5, 5.41) is 2.59. The number of carbonyl (C=O) groups excluding carboxylic acids is 2. The second kappa shape index (κ2) is 8.59. The van der Waals surface area contributed by atoms with Gasteiger partial charge in [-0.1, -0.05) is 18.2 Å². The monoisotopic (exact) mass is 376 g/mol. The molecular weight excluding hydrogens is 356 g/mol. The first-order valence-corrected chi connectivity index (χ1v) is 9.40. The van der Waals surface area contributed by atoms with E-state index in [1.807, 2.05) is 6.07 Å². The minimum absolute atomic E-state index is 0.0459. The number of hydrogen-bond donors (Lipinski definition) is 2. The highest BCUT2D eigenvalue weighted by Gasteiger charge is 2.17. The summed E-state index contributed by atoms with van der Waals surface area (Å²) < 4.78 is 31.5. The molecule has 0 bridgehead atoms. The number of esters is 1. The van der Waals surface area contributed by atoms with Gasteiger partial charge in [-0.3, -0.25) is 4.79 Å². The van der Waals surface area contributed by atoms with E-state index >= 15 is 0 Å². The van der Waals surface area contributed by atoms with Crippen molar-refractivity contribution < 1.29 is 22.7 Å². The Balaban J connectivity index is 1.92. The number of sulfonamides is 1. The quantitative estimate of drug-likeness (QED) is 0.721. The van der Waals surface area contributed by atoms with Crippen LogP contribution in [0.15, 0.2) is 59.5 Å². The SMILES string of the molecule is CC(C)NS(=O)(=O)c1ccc(C(=O)OCC(=O)Nc2ccccc2)cc1. The molecule has 0 spiro atoms. The Morgan fingerprint density at radius 1 is 1.00 bits per heavy atom. The summed E-state index contributed by atoms with van der Waals surface area (Å²) in [5.74, 6) is -1.18. The van der Waals surface area contributed by atoms with Gasteiger partial charge in [0.2, 0.25) is 10.0 Å². The fourth-order valence-electron chi connectivity index (χ4n) is 2.08. The van der Waals surface area contributed by atoms with Crippen LogP contribution in [0.4, 0.5) is 5.69 Å². The molecule has 2 rings (SSSR count). The maximum atomic E-state index is 12.0. The average molecular weight is 376 g/mol. The predicted molar refractivity (Wildman–Crippen MR) is 97.3 cm³/mol. The third kappa shape index (κ3) is 5.68. The van der Waals surface area contributed by atoms with Gasteiger partial charge in [0.1, 0.15) is 0 Å². The molecule has 0 unspecified atom stereocenters. The molecule has 138 valence electrons. The lowest BCUT2D eigenvalue weighted by atomic mass is 10.2. The Morgan fingerprint density at radius 3 is 2.19 bits per heavy atom. The van der Waals surface area contributed by atoms with Crippen molar-refractivity contribution in [2.45, 2.75) is 24.8 Å². The van der Waals surface area contributed by atoms with Crippen molar-refractivity contribution in [1.82, 2.24) is 4.72 Å². The molecule has 0 saturated carbocycles. The summed E-state index contributed by atoms with van der Waals surface area (Å²) in [4.78, 5) is 23.8. The van der Waals surface area contributed by atoms with Crippen molar-refractivity contribution in [2.24, 2.45) is 0 Å². The van der Waals surface area contributed by atoms with Gasteiger partial charge in [-0.25, -0.2) is 17.9 Å². The zero-order valence-electron chi connectivity index (χ0n) is 14.4. The predicted octanol–water partition coefficient (Wildman–Crippen LogP) is 2.17. The zero-order valence-corrected chi connectivity index (χ0v) is 15.2. The van der Waals surface area contributed by atoms with Crippen molar-refractivity contribution in [2.75, 3.05) is 11.9 Å². The Bertz CT molecular complexity index is 862. The van der Waals surface area contributed by atoms with Gasteiger partial charge in [0.05, 0.1) is 10.5 Å². The highest BCUT2D eigenvalue weighted by molar-refractivity contribution is 7.89. The van der Waals surface area contributed by atoms with Crippen LogP contribution in [0.1, 0.15) is 24.2 Å². The van der Waals surface area contributed by atoms with Crippen molar-refractivity contribution in [3.8, 4) is 0 Å². The molecule has 0 radical (unpaired) electrons. The van der Waals surface area contributed by atoms with E-state index in [1.54, 1.807) is 38.1 Å². The van der Waals surface area contributed by atoms with Gasteiger partial charge in [-0.2, -0.15) is 0 Å². The lowest BCUT2D eigenvalue weighted by Gasteiger charge is -2.10. The summed E-state index contributed by atoms with van der Waals surface area (Å²) >= 11 is 0. The standard InChI is InChI=1S/C18H20N2O5S/c1-13(2)20-26(23,24)16-10-8-14(9-11-16)18(22)25-12-17(21)19-15-6-4-3-5-7-15/h3-11,13,20H,12H2,1-2H3,(H,19,21). The normalized spacial score (nSPS) is 11.2. The van der Waals surface area contributed by atoms with E-state index in [0.717, 1.165) is 0 Å². The molecule has 26 heavy (non-hydrogen) atoms. The number of carbonyl (C=O) groups is 2. The van der Waals surface area contributed by atoms with E-state index in [-0.39, 0.29) is 16.5 Å². The number of nitrogens with one attached hydrogen (secondary N) is 2. The smallest absolute Gasteiger partial charge is 0.338 e. The highest BCUT2D eigenvalue weighted by atomic mass is 32.2. The first-order chi connectivity index (χ1) is 12.3. The maximum absolute atomic E-state index is 12.0. The van der Waals surface area contributed by atoms with E-state index in [2.05, 4.69) is 10.0 Å². The molecule has 7 nitrogen and oxygen atoms in total. The van der Waals surface area contributed by atoms with Crippen molar-refractivity contribution in [1.29, 1.82) is 0 Å². The van der Waals surface area contributed by atoms with Crippen LogP contribution in [-0.2, 0) is 19.6 Å². The molecule has 2 aromatic rings. The molecule has 2 N–H and O–H groups in total. The molecule has 0 aromatic heterocycles. The molecule has 0 atom stereocenters. The van der Waals surface area contributed by atoms with E-state index < -0.39 is 28.5 Å². The Morgan fingerprint density at radius 2 is 1.62 bits per heavy atom. The van der Waals surface area contributed by atoms with Gasteiger partial charge < -0.3 is 10.1 Å². The van der Waals surface area contributed by atoms with Crippen LogP contribution < -0.4 is 10.0 Å². The molecule has 0 aliphatic heterocycles. The van der Waals surface area contributed by atoms with Crippen LogP contribution in [0.25, 0.3) is 0 Å². The van der Waals surface area contributed by atoms with Gasteiger partial charge in [-0.05, 0) is 50.2 Å². The van der Waals surface area contributed by atoms with Crippen molar-refractivity contribution in [3.05, 3.63) is 60.2 Å². The van der Waals surface area contributed by atoms with E-state index in [0.29, 0.717) is 5.69 Å². The molecule has 8 heteroatoms. The minimum atomic E-state index is -3.63. The number of para-hydroxylation sites is 1. The molecule has 2 aromatic carbocycles. The van der Waals surface area contributed by atoms with Crippen LogP contribution in [0.2, 0.25) is 0 Å². The van der Waals surface area contributed by atoms with Gasteiger partial charge >= 0.3 is 5.97 Å². The van der Waals surface area contributed by atoms with E-state index in [9.17, 15) is 18.0 Å². The second-order valence-corrected chi connectivity index (χ2v) is 7.50. The van der Waals surface area contributed by atoms with Crippen LogP contribution >= 0.6 is 0 Å². The third-order valence-electron chi connectivity index (χ3n) is 3.18. The summed E-state index contributed by atoms with van der Waals surface area (Å²) in [6, 6.07) is 13.8. The second-order valence-electron chi connectivity index (χ2n) is 5.79. The van der Waals surface area contributed by atoms with E-state index in [1.165, 1.54) is 24.3 Å². The number of amides is 1. The zero-order chi connectivity index (χ0) is 19.2. The van der Waals surface area contributed by atoms with Crippen LogP contribution in [0.5, 0.6) is 0 Å². The molecule has 1 amide bonds. The number of ether oxygens (including phenoxy) is 1.